The number of nitrogens with two attached hydrogens (primary N) is 1. The van der Waals surface area contributed by atoms with E-state index in [0.717, 1.165) is 6.42 Å². The van der Waals surface area contributed by atoms with E-state index in [2.05, 4.69) is 29.1 Å². The summed E-state index contributed by atoms with van der Waals surface area (Å²) in [6.07, 6.45) is 2.75. The lowest BCUT2D eigenvalue weighted by atomic mass is 9.98. The van der Waals surface area contributed by atoms with Gasteiger partial charge in [-0.05, 0) is 35.1 Å². The summed E-state index contributed by atoms with van der Waals surface area (Å²) in [6.45, 7) is 0.354. The highest BCUT2D eigenvalue weighted by atomic mass is 16.7. The SMILES string of the molecule is NOC(=O)CCCCCC(=O)OCC1c2ccccc2-c2ccccc21. The van der Waals surface area contributed by atoms with E-state index in [9.17, 15) is 9.59 Å². The zero-order valence-electron chi connectivity index (χ0n) is 14.6. The van der Waals surface area contributed by atoms with Crippen LogP contribution in [0.15, 0.2) is 48.5 Å². The van der Waals surface area contributed by atoms with Crippen LogP contribution in [0.25, 0.3) is 11.1 Å². The van der Waals surface area contributed by atoms with Gasteiger partial charge in [0.15, 0.2) is 0 Å². The average molecular weight is 353 g/mol. The molecule has 0 aromatic heterocycles. The number of hydrogen-bond donors (Lipinski definition) is 1. The average Bonchev–Trinajstić information content (AvgIpc) is 3.00. The van der Waals surface area contributed by atoms with Crippen LogP contribution >= 0.6 is 0 Å². The fraction of sp³-hybridized carbons (Fsp3) is 0.333. The molecule has 0 unspecified atom stereocenters. The van der Waals surface area contributed by atoms with E-state index in [1.54, 1.807) is 0 Å². The van der Waals surface area contributed by atoms with Gasteiger partial charge in [0.1, 0.15) is 6.61 Å². The minimum atomic E-state index is -0.425. The first kappa shape index (κ1) is 18.1. The Morgan fingerprint density at radius 3 is 1.92 bits per heavy atom. The van der Waals surface area contributed by atoms with Gasteiger partial charge in [0.25, 0.3) is 0 Å². The summed E-state index contributed by atoms with van der Waals surface area (Å²) < 4.78 is 5.54. The molecule has 1 aliphatic carbocycles. The third-order valence-electron chi connectivity index (χ3n) is 4.77. The number of carbonyl (C=O) groups excluding carboxylic acids is 2. The number of esters is 1. The highest BCUT2D eigenvalue weighted by Crippen LogP contribution is 2.44. The van der Waals surface area contributed by atoms with Crippen molar-refractivity contribution >= 4 is 11.9 Å². The summed E-state index contributed by atoms with van der Waals surface area (Å²) in [5.74, 6) is 4.24. The molecule has 0 amide bonds. The molecule has 26 heavy (non-hydrogen) atoms. The standard InChI is InChI=1S/C21H23NO4/c22-26-21(24)13-3-1-2-12-20(23)25-14-19-17-10-6-4-8-15(17)16-9-5-7-11-18(16)19/h4-11,19H,1-3,12-14,22H2. The molecule has 0 spiro atoms. The number of fused-ring (bicyclic) bond motifs is 3. The van der Waals surface area contributed by atoms with Gasteiger partial charge in [-0.2, -0.15) is 5.90 Å². The van der Waals surface area contributed by atoms with Gasteiger partial charge in [-0.1, -0.05) is 55.0 Å². The monoisotopic (exact) mass is 353 g/mol. The van der Waals surface area contributed by atoms with Crippen LogP contribution < -0.4 is 5.90 Å². The number of ether oxygens (including phenoxy) is 1. The van der Waals surface area contributed by atoms with Crippen LogP contribution in [0.1, 0.15) is 49.1 Å². The molecule has 0 saturated carbocycles. The minimum absolute atomic E-state index is 0.0886. The lowest BCUT2D eigenvalue weighted by Gasteiger charge is -2.14. The number of unbranched alkanes of at least 4 members (excludes halogenated alkanes) is 2. The van der Waals surface area contributed by atoms with Crippen LogP contribution in [0, 0.1) is 0 Å². The molecule has 3 rings (SSSR count). The molecule has 0 aliphatic heterocycles. The Labute approximate surface area is 153 Å². The molecule has 0 radical (unpaired) electrons. The van der Waals surface area contributed by atoms with Crippen molar-refractivity contribution in [1.29, 1.82) is 0 Å². The Hall–Kier alpha value is -2.66. The van der Waals surface area contributed by atoms with E-state index in [1.165, 1.54) is 22.3 Å². The first-order chi connectivity index (χ1) is 12.7. The number of carbonyl (C=O) groups is 2. The Morgan fingerprint density at radius 1 is 0.808 bits per heavy atom. The molecule has 1 aliphatic rings. The quantitative estimate of drug-likeness (QED) is 0.445. The van der Waals surface area contributed by atoms with Gasteiger partial charge in [0, 0.05) is 18.8 Å². The fourth-order valence-electron chi connectivity index (χ4n) is 3.46. The summed E-state index contributed by atoms with van der Waals surface area (Å²) in [4.78, 5) is 27.1. The third-order valence-corrected chi connectivity index (χ3v) is 4.77. The normalized spacial score (nSPS) is 12.3. The molecule has 2 aromatic rings. The molecule has 5 nitrogen and oxygen atoms in total. The van der Waals surface area contributed by atoms with Crippen molar-refractivity contribution in [3.05, 3.63) is 59.7 Å². The van der Waals surface area contributed by atoms with Crippen molar-refractivity contribution in [3.63, 3.8) is 0 Å². The van der Waals surface area contributed by atoms with E-state index in [-0.39, 0.29) is 18.3 Å². The Kier molecular flexibility index (Phi) is 6.02. The Morgan fingerprint density at radius 2 is 1.35 bits per heavy atom. The molecule has 5 heteroatoms. The third kappa shape index (κ3) is 4.11. The lowest BCUT2D eigenvalue weighted by molar-refractivity contribution is -0.144. The van der Waals surface area contributed by atoms with Gasteiger partial charge in [0.2, 0.25) is 0 Å². The van der Waals surface area contributed by atoms with Crippen LogP contribution in [0.4, 0.5) is 0 Å². The minimum Gasteiger partial charge on any atom is -0.465 e. The molecular weight excluding hydrogens is 330 g/mol. The maximum atomic E-state index is 12.0. The van der Waals surface area contributed by atoms with Crippen molar-refractivity contribution in [3.8, 4) is 11.1 Å². The van der Waals surface area contributed by atoms with Crippen LogP contribution in [0.3, 0.4) is 0 Å². The van der Waals surface area contributed by atoms with Crippen LogP contribution in [-0.4, -0.2) is 18.5 Å². The summed E-state index contributed by atoms with van der Waals surface area (Å²) >= 11 is 0. The largest absolute Gasteiger partial charge is 0.465 e. The number of rotatable bonds is 8. The molecule has 2 N–H and O–H groups in total. The summed E-state index contributed by atoms with van der Waals surface area (Å²) in [7, 11) is 0. The molecule has 0 heterocycles. The zero-order valence-corrected chi connectivity index (χ0v) is 14.6. The summed E-state index contributed by atoms with van der Waals surface area (Å²) in [5, 5.41) is 0. The molecular formula is C21H23NO4. The molecule has 0 bridgehead atoms. The van der Waals surface area contributed by atoms with Gasteiger partial charge in [0.05, 0.1) is 0 Å². The van der Waals surface area contributed by atoms with Crippen molar-refractivity contribution in [1.82, 2.24) is 0 Å². The molecule has 0 atom stereocenters. The van der Waals surface area contributed by atoms with Crippen molar-refractivity contribution in [2.24, 2.45) is 5.90 Å². The van der Waals surface area contributed by atoms with Gasteiger partial charge in [-0.15, -0.1) is 0 Å². The van der Waals surface area contributed by atoms with Crippen molar-refractivity contribution < 1.29 is 19.2 Å². The Balaban J connectivity index is 1.50. The highest BCUT2D eigenvalue weighted by Gasteiger charge is 2.28. The van der Waals surface area contributed by atoms with E-state index in [4.69, 9.17) is 10.6 Å². The number of hydrogen-bond acceptors (Lipinski definition) is 5. The molecule has 0 fully saturated rings. The number of benzene rings is 2. The van der Waals surface area contributed by atoms with Gasteiger partial charge in [-0.25, -0.2) is 0 Å². The second-order valence-electron chi connectivity index (χ2n) is 6.46. The maximum Gasteiger partial charge on any atom is 0.324 e. The van der Waals surface area contributed by atoms with Gasteiger partial charge in [-0.3, -0.25) is 9.59 Å². The van der Waals surface area contributed by atoms with Crippen LogP contribution in [-0.2, 0) is 19.2 Å². The van der Waals surface area contributed by atoms with Crippen molar-refractivity contribution in [2.45, 2.75) is 38.0 Å². The first-order valence-electron chi connectivity index (χ1n) is 8.94. The van der Waals surface area contributed by atoms with E-state index in [1.807, 2.05) is 24.3 Å². The molecule has 136 valence electrons. The predicted octanol–water partition coefficient (Wildman–Crippen LogP) is 3.71. The lowest BCUT2D eigenvalue weighted by Crippen LogP contribution is -2.12. The fourth-order valence-corrected chi connectivity index (χ4v) is 3.46. The maximum absolute atomic E-state index is 12.0. The van der Waals surface area contributed by atoms with Gasteiger partial charge < -0.3 is 9.57 Å². The Bertz CT molecular complexity index is 742. The molecule has 0 saturated heterocycles. The second-order valence-corrected chi connectivity index (χ2v) is 6.46. The van der Waals surface area contributed by atoms with E-state index >= 15 is 0 Å². The summed E-state index contributed by atoms with van der Waals surface area (Å²) in [5.41, 5.74) is 4.86. The van der Waals surface area contributed by atoms with Crippen LogP contribution in [0.5, 0.6) is 0 Å². The predicted molar refractivity (Wildman–Crippen MR) is 98.0 cm³/mol. The van der Waals surface area contributed by atoms with E-state index in [0.29, 0.717) is 25.9 Å². The zero-order chi connectivity index (χ0) is 18.4. The second kappa shape index (κ2) is 8.63. The first-order valence-corrected chi connectivity index (χ1v) is 8.94. The van der Waals surface area contributed by atoms with E-state index < -0.39 is 5.97 Å². The summed E-state index contributed by atoms with van der Waals surface area (Å²) in [6, 6.07) is 16.5. The topological polar surface area (TPSA) is 78.6 Å². The van der Waals surface area contributed by atoms with Gasteiger partial charge >= 0.3 is 11.9 Å². The molecule has 2 aromatic carbocycles. The highest BCUT2D eigenvalue weighted by molar-refractivity contribution is 5.79. The smallest absolute Gasteiger partial charge is 0.324 e. The van der Waals surface area contributed by atoms with Crippen molar-refractivity contribution in [2.75, 3.05) is 6.61 Å². The van der Waals surface area contributed by atoms with Crippen LogP contribution in [0.2, 0.25) is 0 Å².